The number of phenols is 1. The molecule has 0 spiro atoms. The Morgan fingerprint density at radius 1 is 1.28 bits per heavy atom. The van der Waals surface area contributed by atoms with Crippen molar-refractivity contribution in [2.24, 2.45) is 0 Å². The minimum absolute atomic E-state index is 0.111. The topological polar surface area (TPSA) is 44.0 Å². The summed E-state index contributed by atoms with van der Waals surface area (Å²) in [6.45, 7) is 1.88. The maximum Gasteiger partial charge on any atom is 0.137 e. The van der Waals surface area contributed by atoms with Crippen molar-refractivity contribution in [2.75, 3.05) is 0 Å². The van der Waals surface area contributed by atoms with E-state index in [4.69, 9.17) is 16.9 Å². The first-order chi connectivity index (χ1) is 8.54. The minimum atomic E-state index is 0.111. The van der Waals surface area contributed by atoms with Gasteiger partial charge in [-0.1, -0.05) is 23.7 Å². The molecule has 4 heteroatoms. The van der Waals surface area contributed by atoms with Crippen LogP contribution in [0.1, 0.15) is 11.1 Å². The molecule has 1 N–H and O–H groups in total. The Kier molecular flexibility index (Phi) is 3.60. The fourth-order valence-electron chi connectivity index (χ4n) is 1.77. The van der Waals surface area contributed by atoms with Gasteiger partial charge in [-0.3, -0.25) is 0 Å². The fraction of sp³-hybridized carbons (Fsp3) is 0.0714. The van der Waals surface area contributed by atoms with Crippen LogP contribution in [0, 0.1) is 18.3 Å². The molecule has 2 aromatic carbocycles. The Morgan fingerprint density at radius 2 is 2.00 bits per heavy atom. The Balaban J connectivity index is 2.75. The maximum absolute atomic E-state index is 10.1. The number of nitriles is 1. The predicted molar refractivity (Wildman–Crippen MR) is 75.7 cm³/mol. The molecule has 0 unspecified atom stereocenters. The van der Waals surface area contributed by atoms with Crippen LogP contribution >= 0.6 is 27.5 Å². The Hall–Kier alpha value is -1.50. The van der Waals surface area contributed by atoms with E-state index in [9.17, 15) is 5.11 Å². The van der Waals surface area contributed by atoms with E-state index in [0.29, 0.717) is 20.6 Å². The molecule has 0 amide bonds. The van der Waals surface area contributed by atoms with Crippen LogP contribution in [0.5, 0.6) is 5.75 Å². The third-order valence-corrected chi connectivity index (χ3v) is 3.76. The normalized spacial score (nSPS) is 10.1. The quantitative estimate of drug-likeness (QED) is 0.830. The Bertz CT molecular complexity index is 662. The summed E-state index contributed by atoms with van der Waals surface area (Å²) in [7, 11) is 0. The summed E-state index contributed by atoms with van der Waals surface area (Å²) in [5.74, 6) is 0.111. The highest BCUT2D eigenvalue weighted by atomic mass is 79.9. The van der Waals surface area contributed by atoms with E-state index in [2.05, 4.69) is 22.0 Å². The van der Waals surface area contributed by atoms with Crippen molar-refractivity contribution in [3.05, 3.63) is 51.0 Å². The number of hydrogen-bond donors (Lipinski definition) is 1. The molecule has 0 fully saturated rings. The van der Waals surface area contributed by atoms with Gasteiger partial charge in [-0.15, -0.1) is 0 Å². The molecular weight excluding hydrogens is 314 g/mol. The van der Waals surface area contributed by atoms with Gasteiger partial charge in [-0.05, 0) is 52.2 Å². The van der Waals surface area contributed by atoms with Crippen molar-refractivity contribution < 1.29 is 5.11 Å². The lowest BCUT2D eigenvalue weighted by molar-refractivity contribution is 0.474. The molecule has 0 aliphatic carbocycles. The monoisotopic (exact) mass is 321 g/mol. The number of hydrogen-bond acceptors (Lipinski definition) is 2. The van der Waals surface area contributed by atoms with Gasteiger partial charge < -0.3 is 5.11 Å². The van der Waals surface area contributed by atoms with E-state index in [0.717, 1.165) is 11.1 Å². The van der Waals surface area contributed by atoms with Gasteiger partial charge in [0.05, 0.1) is 16.1 Å². The second-order valence-electron chi connectivity index (χ2n) is 3.88. The van der Waals surface area contributed by atoms with E-state index in [1.165, 1.54) is 0 Å². The first kappa shape index (κ1) is 12.9. The fourth-order valence-corrected chi connectivity index (χ4v) is 2.40. The second kappa shape index (κ2) is 5.01. The smallest absolute Gasteiger partial charge is 0.137 e. The highest BCUT2D eigenvalue weighted by Gasteiger charge is 2.13. The van der Waals surface area contributed by atoms with Gasteiger partial charge in [0.25, 0.3) is 0 Å². The van der Waals surface area contributed by atoms with Crippen LogP contribution in [0.2, 0.25) is 5.02 Å². The van der Waals surface area contributed by atoms with Crippen LogP contribution in [-0.2, 0) is 0 Å². The van der Waals surface area contributed by atoms with Crippen molar-refractivity contribution in [1.29, 1.82) is 5.26 Å². The summed E-state index contributed by atoms with van der Waals surface area (Å²) in [6, 6.07) is 10.8. The molecule has 0 aliphatic rings. The van der Waals surface area contributed by atoms with Gasteiger partial charge >= 0.3 is 0 Å². The summed E-state index contributed by atoms with van der Waals surface area (Å²) in [5, 5.41) is 19.7. The highest BCUT2D eigenvalue weighted by Crippen LogP contribution is 2.39. The van der Waals surface area contributed by atoms with Crippen molar-refractivity contribution in [3.8, 4) is 22.9 Å². The average Bonchev–Trinajstić information content (AvgIpc) is 2.36. The third-order valence-electron chi connectivity index (χ3n) is 2.75. The molecule has 0 heterocycles. The van der Waals surface area contributed by atoms with Crippen molar-refractivity contribution >= 4 is 27.5 Å². The lowest BCUT2D eigenvalue weighted by Gasteiger charge is -2.11. The molecule has 0 saturated heterocycles. The van der Waals surface area contributed by atoms with Crippen LogP contribution in [0.25, 0.3) is 11.1 Å². The molecule has 0 saturated carbocycles. The van der Waals surface area contributed by atoms with Crippen molar-refractivity contribution in [2.45, 2.75) is 6.92 Å². The molecule has 90 valence electrons. The predicted octanol–water partition coefficient (Wildman–Crippen LogP) is 4.66. The van der Waals surface area contributed by atoms with Crippen LogP contribution in [-0.4, -0.2) is 5.11 Å². The van der Waals surface area contributed by atoms with E-state index in [-0.39, 0.29) is 5.75 Å². The molecule has 0 atom stereocenters. The van der Waals surface area contributed by atoms with Crippen molar-refractivity contribution in [1.82, 2.24) is 0 Å². The lowest BCUT2D eigenvalue weighted by atomic mass is 9.98. The largest absolute Gasteiger partial charge is 0.506 e. The summed E-state index contributed by atoms with van der Waals surface area (Å²) in [6.07, 6.45) is 0. The summed E-state index contributed by atoms with van der Waals surface area (Å²) in [4.78, 5) is 0. The van der Waals surface area contributed by atoms with E-state index < -0.39 is 0 Å². The number of aromatic hydroxyl groups is 1. The van der Waals surface area contributed by atoms with Gasteiger partial charge in [0, 0.05) is 10.6 Å². The lowest BCUT2D eigenvalue weighted by Crippen LogP contribution is -1.88. The molecule has 2 nitrogen and oxygen atoms in total. The summed E-state index contributed by atoms with van der Waals surface area (Å²) < 4.78 is 0.496. The first-order valence-corrected chi connectivity index (χ1v) is 6.39. The number of phenolic OH excluding ortho intramolecular Hbond substituents is 1. The highest BCUT2D eigenvalue weighted by molar-refractivity contribution is 9.10. The summed E-state index contributed by atoms with van der Waals surface area (Å²) >= 11 is 9.32. The minimum Gasteiger partial charge on any atom is -0.506 e. The molecular formula is C14H9BrClNO. The number of halogens is 2. The zero-order chi connectivity index (χ0) is 13.3. The Labute approximate surface area is 119 Å². The van der Waals surface area contributed by atoms with Crippen LogP contribution in [0.4, 0.5) is 0 Å². The van der Waals surface area contributed by atoms with Crippen molar-refractivity contribution in [3.63, 3.8) is 0 Å². The Morgan fingerprint density at radius 3 is 2.67 bits per heavy atom. The number of benzene rings is 2. The van der Waals surface area contributed by atoms with E-state index in [1.807, 2.05) is 19.1 Å². The van der Waals surface area contributed by atoms with Gasteiger partial charge in [-0.2, -0.15) is 5.26 Å². The van der Waals surface area contributed by atoms with E-state index in [1.54, 1.807) is 18.2 Å². The van der Waals surface area contributed by atoms with Crippen LogP contribution < -0.4 is 0 Å². The zero-order valence-corrected chi connectivity index (χ0v) is 11.9. The van der Waals surface area contributed by atoms with Crippen LogP contribution in [0.15, 0.2) is 34.8 Å². The third kappa shape index (κ3) is 2.22. The maximum atomic E-state index is 10.1. The second-order valence-corrected chi connectivity index (χ2v) is 5.14. The average molecular weight is 323 g/mol. The van der Waals surface area contributed by atoms with Gasteiger partial charge in [0.2, 0.25) is 0 Å². The molecule has 0 bridgehead atoms. The van der Waals surface area contributed by atoms with E-state index >= 15 is 0 Å². The van der Waals surface area contributed by atoms with Crippen LogP contribution in [0.3, 0.4) is 0 Å². The summed E-state index contributed by atoms with van der Waals surface area (Å²) in [5.41, 5.74) is 2.77. The molecule has 0 aliphatic heterocycles. The standard InChI is InChI=1S/C14H9BrClNO/c1-8-10(3-2-4-13(8)16)11-5-9(7-17)6-12(15)14(11)18/h2-6,18H,1H3. The molecule has 2 aromatic rings. The number of rotatable bonds is 1. The molecule has 0 aromatic heterocycles. The van der Waals surface area contributed by atoms with Gasteiger partial charge in [0.1, 0.15) is 5.75 Å². The van der Waals surface area contributed by atoms with Gasteiger partial charge in [-0.25, -0.2) is 0 Å². The van der Waals surface area contributed by atoms with Gasteiger partial charge in [0.15, 0.2) is 0 Å². The molecule has 2 rings (SSSR count). The number of nitrogens with zero attached hydrogens (tertiary/aromatic N) is 1. The zero-order valence-electron chi connectivity index (χ0n) is 9.54. The SMILES string of the molecule is Cc1c(Cl)cccc1-c1cc(C#N)cc(Br)c1O. The molecule has 0 radical (unpaired) electrons. The first-order valence-electron chi connectivity index (χ1n) is 5.22. The molecule has 18 heavy (non-hydrogen) atoms.